The second-order valence-corrected chi connectivity index (χ2v) is 9.39. The van der Waals surface area contributed by atoms with Crippen LogP contribution in [-0.4, -0.2) is 40.4 Å². The molecule has 2 aliphatic rings. The average molecular weight is 444 g/mol. The van der Waals surface area contributed by atoms with Gasteiger partial charge >= 0.3 is 0 Å². The monoisotopic (exact) mass is 443 g/mol. The molecule has 2 aromatic rings. The van der Waals surface area contributed by atoms with E-state index in [9.17, 15) is 18.0 Å². The summed E-state index contributed by atoms with van der Waals surface area (Å²) in [5, 5.41) is 0. The fraction of sp³-hybridized carbons (Fsp3) is 0.364. The van der Waals surface area contributed by atoms with Gasteiger partial charge in [-0.2, -0.15) is 0 Å². The lowest BCUT2D eigenvalue weighted by molar-refractivity contribution is -0.117. The van der Waals surface area contributed by atoms with Crippen molar-refractivity contribution in [2.24, 2.45) is 0 Å². The second kappa shape index (κ2) is 8.68. The SMILES string of the molecule is COc1ccc(S(=O)(=O)NCc2cccc(N3CCCC3=O)c2)cc1N1CCCC1=O. The number of hydrogen-bond acceptors (Lipinski definition) is 5. The summed E-state index contributed by atoms with van der Waals surface area (Å²) in [5.74, 6) is 0.492. The van der Waals surface area contributed by atoms with Crippen molar-refractivity contribution in [2.45, 2.75) is 37.1 Å². The minimum absolute atomic E-state index is 0.0471. The van der Waals surface area contributed by atoms with Crippen LogP contribution in [0.2, 0.25) is 0 Å². The molecule has 8 nitrogen and oxygen atoms in total. The Morgan fingerprint density at radius 3 is 2.32 bits per heavy atom. The van der Waals surface area contributed by atoms with Crippen LogP contribution in [0.1, 0.15) is 31.2 Å². The van der Waals surface area contributed by atoms with Crippen molar-refractivity contribution in [3.63, 3.8) is 0 Å². The minimum Gasteiger partial charge on any atom is -0.495 e. The number of sulfonamides is 1. The van der Waals surface area contributed by atoms with Crippen molar-refractivity contribution in [1.82, 2.24) is 4.72 Å². The van der Waals surface area contributed by atoms with Gasteiger partial charge in [-0.25, -0.2) is 13.1 Å². The standard InChI is InChI=1S/C22H25N3O5S/c1-30-20-10-9-18(14-19(20)25-12-4-8-22(25)27)31(28,29)23-15-16-5-2-6-17(13-16)24-11-3-7-21(24)26/h2,5-6,9-10,13-14,23H,3-4,7-8,11-12,15H2,1H3. The number of anilines is 2. The number of ether oxygens (including phenoxy) is 1. The Hall–Kier alpha value is -2.91. The molecule has 0 spiro atoms. The molecule has 0 radical (unpaired) electrons. The van der Waals surface area contributed by atoms with Crippen LogP contribution in [0.3, 0.4) is 0 Å². The molecule has 0 atom stereocenters. The fourth-order valence-electron chi connectivity index (χ4n) is 3.97. The highest BCUT2D eigenvalue weighted by atomic mass is 32.2. The second-order valence-electron chi connectivity index (χ2n) is 7.63. The molecule has 4 rings (SSSR count). The summed E-state index contributed by atoms with van der Waals surface area (Å²) in [7, 11) is -2.33. The number of benzene rings is 2. The van der Waals surface area contributed by atoms with Crippen molar-refractivity contribution in [3.8, 4) is 5.75 Å². The lowest BCUT2D eigenvalue weighted by Gasteiger charge is -2.20. The molecule has 0 unspecified atom stereocenters. The predicted octanol–water partition coefficient (Wildman–Crippen LogP) is 2.43. The third kappa shape index (κ3) is 4.42. The number of methoxy groups -OCH3 is 1. The van der Waals surface area contributed by atoms with Gasteiger partial charge in [-0.15, -0.1) is 0 Å². The quantitative estimate of drug-likeness (QED) is 0.709. The molecule has 0 saturated carbocycles. The van der Waals surface area contributed by atoms with E-state index in [1.165, 1.54) is 19.2 Å². The summed E-state index contributed by atoms with van der Waals surface area (Å²) < 4.78 is 33.8. The largest absolute Gasteiger partial charge is 0.495 e. The van der Waals surface area contributed by atoms with Crippen molar-refractivity contribution < 1.29 is 22.7 Å². The first-order valence-corrected chi connectivity index (χ1v) is 11.7. The van der Waals surface area contributed by atoms with E-state index < -0.39 is 10.0 Å². The zero-order valence-electron chi connectivity index (χ0n) is 17.3. The molecule has 2 saturated heterocycles. The van der Waals surface area contributed by atoms with Crippen molar-refractivity contribution in [1.29, 1.82) is 0 Å². The first-order valence-electron chi connectivity index (χ1n) is 10.3. The van der Waals surface area contributed by atoms with Gasteiger partial charge in [0.15, 0.2) is 0 Å². The zero-order valence-corrected chi connectivity index (χ0v) is 18.2. The molecule has 0 aliphatic carbocycles. The molecule has 31 heavy (non-hydrogen) atoms. The molecule has 2 aromatic carbocycles. The third-order valence-corrected chi connectivity index (χ3v) is 6.99. The molecule has 0 bridgehead atoms. The smallest absolute Gasteiger partial charge is 0.240 e. The van der Waals surface area contributed by atoms with Crippen LogP contribution in [0.25, 0.3) is 0 Å². The van der Waals surface area contributed by atoms with E-state index in [-0.39, 0.29) is 23.3 Å². The van der Waals surface area contributed by atoms with E-state index in [0.717, 1.165) is 24.1 Å². The first kappa shape index (κ1) is 21.3. The Morgan fingerprint density at radius 1 is 0.968 bits per heavy atom. The number of amides is 2. The molecule has 0 aromatic heterocycles. The molecule has 2 amide bonds. The third-order valence-electron chi connectivity index (χ3n) is 5.59. The van der Waals surface area contributed by atoms with Gasteiger partial charge in [-0.1, -0.05) is 12.1 Å². The number of carbonyl (C=O) groups excluding carboxylic acids is 2. The summed E-state index contributed by atoms with van der Waals surface area (Å²) in [6, 6.07) is 11.8. The van der Waals surface area contributed by atoms with Crippen molar-refractivity contribution in [3.05, 3.63) is 48.0 Å². The topological polar surface area (TPSA) is 96.0 Å². The van der Waals surface area contributed by atoms with Crippen LogP contribution in [0.15, 0.2) is 47.4 Å². The maximum Gasteiger partial charge on any atom is 0.240 e. The highest BCUT2D eigenvalue weighted by Gasteiger charge is 2.27. The van der Waals surface area contributed by atoms with Gasteiger partial charge in [0.1, 0.15) is 5.75 Å². The molecular weight excluding hydrogens is 418 g/mol. The van der Waals surface area contributed by atoms with Crippen LogP contribution in [0.5, 0.6) is 5.75 Å². The van der Waals surface area contributed by atoms with Gasteiger partial charge in [-0.05, 0) is 48.7 Å². The van der Waals surface area contributed by atoms with Gasteiger partial charge in [0, 0.05) is 38.2 Å². The Kier molecular flexibility index (Phi) is 5.97. The van der Waals surface area contributed by atoms with Crippen molar-refractivity contribution >= 4 is 33.2 Å². The Bertz CT molecular complexity index is 1120. The van der Waals surface area contributed by atoms with Crippen LogP contribution < -0.4 is 19.3 Å². The highest BCUT2D eigenvalue weighted by Crippen LogP contribution is 2.33. The summed E-state index contributed by atoms with van der Waals surface area (Å²) in [4.78, 5) is 27.5. The van der Waals surface area contributed by atoms with Gasteiger partial charge in [0.2, 0.25) is 21.8 Å². The summed E-state index contributed by atoms with van der Waals surface area (Å²) >= 11 is 0. The number of carbonyl (C=O) groups is 2. The number of rotatable bonds is 7. The molecule has 164 valence electrons. The minimum atomic E-state index is -3.82. The zero-order chi connectivity index (χ0) is 22.0. The normalized spacial score (nSPS) is 16.9. The van der Waals surface area contributed by atoms with Gasteiger partial charge < -0.3 is 14.5 Å². The van der Waals surface area contributed by atoms with E-state index in [4.69, 9.17) is 4.74 Å². The first-order chi connectivity index (χ1) is 14.9. The van der Waals surface area contributed by atoms with Crippen molar-refractivity contribution in [2.75, 3.05) is 30.0 Å². The van der Waals surface area contributed by atoms with E-state index >= 15 is 0 Å². The Morgan fingerprint density at radius 2 is 1.68 bits per heavy atom. The Balaban J connectivity index is 1.53. The fourth-order valence-corrected chi connectivity index (χ4v) is 5.01. The number of hydrogen-bond donors (Lipinski definition) is 1. The molecule has 2 aliphatic heterocycles. The van der Waals surface area contributed by atoms with Crippen LogP contribution in [0.4, 0.5) is 11.4 Å². The van der Waals surface area contributed by atoms with E-state index in [0.29, 0.717) is 37.4 Å². The van der Waals surface area contributed by atoms with Crippen LogP contribution in [0, 0.1) is 0 Å². The van der Waals surface area contributed by atoms with Gasteiger partial charge in [0.05, 0.1) is 17.7 Å². The van der Waals surface area contributed by atoms with E-state index in [1.807, 2.05) is 24.3 Å². The maximum atomic E-state index is 12.9. The number of nitrogens with one attached hydrogen (secondary N) is 1. The lowest BCUT2D eigenvalue weighted by atomic mass is 10.2. The lowest BCUT2D eigenvalue weighted by Crippen LogP contribution is -2.26. The molecule has 9 heteroatoms. The average Bonchev–Trinajstić information content (AvgIpc) is 3.40. The number of nitrogens with zero attached hydrogens (tertiary/aromatic N) is 2. The highest BCUT2D eigenvalue weighted by molar-refractivity contribution is 7.89. The summed E-state index contributed by atoms with van der Waals surface area (Å²) in [5.41, 5.74) is 1.99. The maximum absolute atomic E-state index is 12.9. The molecule has 2 fully saturated rings. The molecule has 2 heterocycles. The van der Waals surface area contributed by atoms with Crippen LogP contribution in [-0.2, 0) is 26.2 Å². The van der Waals surface area contributed by atoms with E-state index in [2.05, 4.69) is 4.72 Å². The molecular formula is C22H25N3O5S. The van der Waals surface area contributed by atoms with Crippen LogP contribution >= 0.6 is 0 Å². The van der Waals surface area contributed by atoms with Gasteiger partial charge in [0.25, 0.3) is 0 Å². The Labute approximate surface area is 181 Å². The van der Waals surface area contributed by atoms with E-state index in [1.54, 1.807) is 15.9 Å². The summed E-state index contributed by atoms with van der Waals surface area (Å²) in [6.45, 7) is 1.30. The van der Waals surface area contributed by atoms with Gasteiger partial charge in [-0.3, -0.25) is 9.59 Å². The summed E-state index contributed by atoms with van der Waals surface area (Å²) in [6.07, 6.45) is 2.53. The predicted molar refractivity (Wildman–Crippen MR) is 117 cm³/mol. The molecule has 1 N–H and O–H groups in total.